The van der Waals surface area contributed by atoms with Gasteiger partial charge >= 0.3 is 8.03 Å². The van der Waals surface area contributed by atoms with E-state index in [2.05, 4.69) is 5.92 Å². The summed E-state index contributed by atoms with van der Waals surface area (Å²) in [5.74, 6) is 2.46. The second-order valence-corrected chi connectivity index (χ2v) is 5.04. The van der Waals surface area contributed by atoms with Crippen molar-refractivity contribution >= 4 is 8.03 Å². The highest BCUT2D eigenvalue weighted by Gasteiger charge is 2.39. The first kappa shape index (κ1) is 12.4. The molecule has 0 heterocycles. The molecule has 0 radical (unpaired) electrons. The van der Waals surface area contributed by atoms with Crippen LogP contribution in [-0.4, -0.2) is 11.8 Å². The van der Waals surface area contributed by atoms with Crippen molar-refractivity contribution in [3.63, 3.8) is 0 Å². The van der Waals surface area contributed by atoms with Crippen molar-refractivity contribution in [2.24, 2.45) is 0 Å². The van der Waals surface area contributed by atoms with Gasteiger partial charge in [0.2, 0.25) is 0 Å². The number of allylic oxidation sites excluding steroid dienone is 1. The Balaban J connectivity index is 3.83. The summed E-state index contributed by atoms with van der Waals surface area (Å²) in [6, 6.07) is 0. The first-order chi connectivity index (χ1) is 6.04. The van der Waals surface area contributed by atoms with Gasteiger partial charge in [0.25, 0.3) is 5.16 Å². The van der Waals surface area contributed by atoms with Gasteiger partial charge < -0.3 is 0 Å². The van der Waals surface area contributed by atoms with Crippen molar-refractivity contribution in [2.45, 2.75) is 32.3 Å². The van der Waals surface area contributed by atoms with Gasteiger partial charge in [0.1, 0.15) is 6.61 Å². The topological polar surface area (TPSA) is 26.3 Å². The monoisotopic (exact) mass is 199 g/mol. The Hall–Kier alpha value is -0.640. The third-order valence-corrected chi connectivity index (χ3v) is 3.00. The molecule has 0 aliphatic heterocycles. The molecule has 13 heavy (non-hydrogen) atoms. The molecule has 0 rings (SSSR count). The van der Waals surface area contributed by atoms with Crippen LogP contribution in [0.1, 0.15) is 27.2 Å². The Bertz CT molecular complexity index is 236. The summed E-state index contributed by atoms with van der Waals surface area (Å²) in [5, 5.41) is -0.661. The summed E-state index contributed by atoms with van der Waals surface area (Å²) in [4.78, 5) is 0. The molecular formula is C10H16O2P+. The van der Waals surface area contributed by atoms with Gasteiger partial charge in [-0.1, -0.05) is 12.2 Å². The molecular weight excluding hydrogens is 183 g/mol. The van der Waals surface area contributed by atoms with Gasteiger partial charge in [0.15, 0.2) is 0 Å². The molecule has 0 aromatic heterocycles. The smallest absolute Gasteiger partial charge is 0.145 e. The lowest BCUT2D eigenvalue weighted by molar-refractivity contribution is 0.327. The normalized spacial score (nSPS) is 12.9. The predicted octanol–water partition coefficient (Wildman–Crippen LogP) is 3.12. The maximum atomic E-state index is 11.4. The molecule has 1 unspecified atom stereocenters. The van der Waals surface area contributed by atoms with E-state index in [1.54, 1.807) is 13.8 Å². The third kappa shape index (κ3) is 4.83. The van der Waals surface area contributed by atoms with E-state index >= 15 is 0 Å². The number of hydrogen-bond acceptors (Lipinski definition) is 2. The summed E-state index contributed by atoms with van der Waals surface area (Å²) in [5.41, 5.74) is 0. The Morgan fingerprint density at radius 3 is 2.69 bits per heavy atom. The van der Waals surface area contributed by atoms with Gasteiger partial charge in [-0.15, -0.1) is 10.9 Å². The van der Waals surface area contributed by atoms with Crippen LogP contribution in [0.2, 0.25) is 0 Å². The largest absolute Gasteiger partial charge is 0.527 e. The minimum absolute atomic E-state index is 0.463. The van der Waals surface area contributed by atoms with E-state index in [0.717, 1.165) is 6.42 Å². The van der Waals surface area contributed by atoms with Gasteiger partial charge in [-0.2, -0.15) is 0 Å². The molecule has 0 saturated heterocycles. The zero-order chi connectivity index (χ0) is 10.3. The quantitative estimate of drug-likeness (QED) is 0.294. The summed E-state index contributed by atoms with van der Waals surface area (Å²) in [7, 11) is -1.76. The van der Waals surface area contributed by atoms with E-state index in [1.165, 1.54) is 0 Å². The molecule has 72 valence electrons. The Morgan fingerprint density at radius 2 is 2.23 bits per heavy atom. The first-order valence-corrected chi connectivity index (χ1v) is 5.41. The zero-order valence-corrected chi connectivity index (χ0v) is 9.30. The fourth-order valence-electron chi connectivity index (χ4n) is 0.584. The SMILES string of the molecule is C#CC(C)(C)[P+](=O)OCCC=CC. The van der Waals surface area contributed by atoms with Crippen LogP contribution in [0.25, 0.3) is 0 Å². The minimum atomic E-state index is -1.76. The fourth-order valence-corrected chi connectivity index (χ4v) is 1.28. The van der Waals surface area contributed by atoms with Crippen molar-refractivity contribution in [3.05, 3.63) is 12.2 Å². The lowest BCUT2D eigenvalue weighted by atomic mass is 10.2. The summed E-state index contributed by atoms with van der Waals surface area (Å²) >= 11 is 0. The predicted molar refractivity (Wildman–Crippen MR) is 55.9 cm³/mol. The molecule has 0 aromatic rings. The van der Waals surface area contributed by atoms with Crippen LogP contribution >= 0.6 is 8.03 Å². The molecule has 1 atom stereocenters. The van der Waals surface area contributed by atoms with Crippen LogP contribution in [-0.2, 0) is 9.09 Å². The van der Waals surface area contributed by atoms with Gasteiger partial charge in [-0.05, 0) is 37.7 Å². The molecule has 3 heteroatoms. The van der Waals surface area contributed by atoms with E-state index in [4.69, 9.17) is 10.9 Å². The van der Waals surface area contributed by atoms with Crippen LogP contribution in [0.5, 0.6) is 0 Å². The lowest BCUT2D eigenvalue weighted by Crippen LogP contribution is -2.11. The van der Waals surface area contributed by atoms with E-state index in [0.29, 0.717) is 6.61 Å². The molecule has 0 spiro atoms. The second-order valence-electron chi connectivity index (χ2n) is 3.15. The molecule has 0 N–H and O–H groups in total. The van der Waals surface area contributed by atoms with Crippen molar-refractivity contribution < 1.29 is 9.09 Å². The van der Waals surface area contributed by atoms with E-state index in [-0.39, 0.29) is 0 Å². The van der Waals surface area contributed by atoms with Gasteiger partial charge in [0.05, 0.1) is 0 Å². The van der Waals surface area contributed by atoms with E-state index in [9.17, 15) is 4.57 Å². The lowest BCUT2D eigenvalue weighted by Gasteiger charge is -2.01. The van der Waals surface area contributed by atoms with Gasteiger partial charge in [-0.3, -0.25) is 0 Å². The van der Waals surface area contributed by atoms with Crippen molar-refractivity contribution in [2.75, 3.05) is 6.61 Å². The summed E-state index contributed by atoms with van der Waals surface area (Å²) < 4.78 is 16.5. The summed E-state index contributed by atoms with van der Waals surface area (Å²) in [6.07, 6.45) is 9.88. The fraction of sp³-hybridized carbons (Fsp3) is 0.600. The molecule has 0 amide bonds. The standard InChI is InChI=1S/C10H16O2P/c1-5-7-8-9-12-13(11)10(3,4)6-2/h2,5,7H,8-9H2,1,3-4H3/q+1. The highest BCUT2D eigenvalue weighted by Crippen LogP contribution is 2.38. The van der Waals surface area contributed by atoms with Crippen molar-refractivity contribution in [3.8, 4) is 12.3 Å². The van der Waals surface area contributed by atoms with Gasteiger partial charge in [-0.25, -0.2) is 0 Å². The van der Waals surface area contributed by atoms with Crippen LogP contribution in [0.3, 0.4) is 0 Å². The number of hydrogen-bond donors (Lipinski definition) is 0. The summed E-state index contributed by atoms with van der Waals surface area (Å²) in [6.45, 7) is 5.87. The molecule has 0 saturated carbocycles. The Kier molecular flexibility index (Phi) is 5.62. The van der Waals surface area contributed by atoms with Crippen molar-refractivity contribution in [1.82, 2.24) is 0 Å². The number of terminal acetylenes is 1. The molecule has 0 fully saturated rings. The van der Waals surface area contributed by atoms with Crippen LogP contribution < -0.4 is 0 Å². The highest BCUT2D eigenvalue weighted by molar-refractivity contribution is 7.41. The van der Waals surface area contributed by atoms with Gasteiger partial charge in [0, 0.05) is 0 Å². The maximum Gasteiger partial charge on any atom is 0.527 e. The van der Waals surface area contributed by atoms with E-state index in [1.807, 2.05) is 19.1 Å². The van der Waals surface area contributed by atoms with Crippen LogP contribution in [0.15, 0.2) is 12.2 Å². The molecule has 0 aliphatic rings. The third-order valence-electron chi connectivity index (χ3n) is 1.54. The molecule has 0 aliphatic carbocycles. The average Bonchev–Trinajstić information content (AvgIpc) is 2.12. The Labute approximate surface area is 81.2 Å². The number of rotatable bonds is 5. The van der Waals surface area contributed by atoms with E-state index < -0.39 is 13.2 Å². The zero-order valence-electron chi connectivity index (χ0n) is 8.41. The molecule has 0 aromatic carbocycles. The van der Waals surface area contributed by atoms with Crippen molar-refractivity contribution in [1.29, 1.82) is 0 Å². The highest BCUT2D eigenvalue weighted by atomic mass is 31.1. The second kappa shape index (κ2) is 5.91. The first-order valence-electron chi connectivity index (χ1n) is 4.24. The average molecular weight is 199 g/mol. The molecule has 0 bridgehead atoms. The Morgan fingerprint density at radius 1 is 1.62 bits per heavy atom. The minimum Gasteiger partial charge on any atom is -0.145 e. The van der Waals surface area contributed by atoms with Crippen LogP contribution in [0.4, 0.5) is 0 Å². The van der Waals surface area contributed by atoms with Crippen LogP contribution in [0, 0.1) is 12.3 Å². The molecule has 2 nitrogen and oxygen atoms in total. The maximum absolute atomic E-state index is 11.4.